The Morgan fingerprint density at radius 2 is 1.75 bits per heavy atom. The van der Waals surface area contributed by atoms with E-state index >= 15 is 0 Å². The number of carbonyl (C=O) groups excluding carboxylic acids is 2. The number of urea groups is 1. The van der Waals surface area contributed by atoms with Gasteiger partial charge in [0.2, 0.25) is 5.91 Å². The average Bonchev–Trinajstić information content (AvgIpc) is 2.74. The molecule has 154 valence electrons. The minimum Gasteiger partial charge on any atom is -0.493 e. The summed E-state index contributed by atoms with van der Waals surface area (Å²) in [6, 6.07) is 5.54. The molecule has 1 aromatic rings. The first-order valence-corrected chi connectivity index (χ1v) is 10.2. The molecule has 2 N–H and O–H groups in total. The number of amides is 3. The topological polar surface area (TPSA) is 79.9 Å². The minimum absolute atomic E-state index is 0.0319. The minimum atomic E-state index is -0.209. The van der Waals surface area contributed by atoms with E-state index in [9.17, 15) is 9.59 Å². The Hall–Kier alpha value is -2.44. The highest BCUT2D eigenvalue weighted by Gasteiger charge is 2.29. The zero-order valence-corrected chi connectivity index (χ0v) is 16.8. The molecule has 1 heterocycles. The molecule has 3 amide bonds. The largest absolute Gasteiger partial charge is 0.493 e. The van der Waals surface area contributed by atoms with Gasteiger partial charge in [-0.2, -0.15) is 0 Å². The summed E-state index contributed by atoms with van der Waals surface area (Å²) in [5.74, 6) is 0.905. The van der Waals surface area contributed by atoms with Crippen molar-refractivity contribution in [2.75, 3.05) is 32.6 Å². The summed E-state index contributed by atoms with van der Waals surface area (Å²) < 4.78 is 10.5. The molecule has 28 heavy (non-hydrogen) atoms. The molecule has 1 saturated carbocycles. The molecule has 1 aliphatic carbocycles. The van der Waals surface area contributed by atoms with Crippen LogP contribution in [0, 0.1) is 5.92 Å². The molecule has 0 bridgehead atoms. The highest BCUT2D eigenvalue weighted by Crippen LogP contribution is 2.30. The highest BCUT2D eigenvalue weighted by atomic mass is 16.5. The summed E-state index contributed by atoms with van der Waals surface area (Å²) in [6.07, 6.45) is 7.36. The number of nitrogens with zero attached hydrogens (tertiary/aromatic N) is 1. The van der Waals surface area contributed by atoms with Crippen LogP contribution in [0.15, 0.2) is 18.2 Å². The van der Waals surface area contributed by atoms with Gasteiger partial charge in [0, 0.05) is 30.9 Å². The zero-order valence-electron chi connectivity index (χ0n) is 16.8. The van der Waals surface area contributed by atoms with Crippen molar-refractivity contribution in [2.45, 2.75) is 51.0 Å². The molecule has 2 aliphatic rings. The summed E-state index contributed by atoms with van der Waals surface area (Å²) in [5, 5.41) is 6.10. The van der Waals surface area contributed by atoms with Crippen LogP contribution in [-0.4, -0.2) is 50.2 Å². The Balaban J connectivity index is 1.55. The third kappa shape index (κ3) is 5.09. The number of likely N-dealkylation sites (tertiary alicyclic amines) is 1. The lowest BCUT2D eigenvalue weighted by Gasteiger charge is -2.34. The number of piperidine rings is 1. The van der Waals surface area contributed by atoms with Gasteiger partial charge in [0.1, 0.15) is 0 Å². The molecule has 1 atom stereocenters. The van der Waals surface area contributed by atoms with Gasteiger partial charge in [-0.1, -0.05) is 19.3 Å². The van der Waals surface area contributed by atoms with Crippen molar-refractivity contribution < 1.29 is 19.1 Å². The molecular weight excluding hydrogens is 358 g/mol. The van der Waals surface area contributed by atoms with Crippen LogP contribution in [0.1, 0.15) is 44.9 Å². The van der Waals surface area contributed by atoms with E-state index in [1.54, 1.807) is 37.3 Å². The lowest BCUT2D eigenvalue weighted by Crippen LogP contribution is -2.50. The maximum absolute atomic E-state index is 12.7. The number of nitrogens with one attached hydrogen (secondary N) is 2. The van der Waals surface area contributed by atoms with Gasteiger partial charge in [0.15, 0.2) is 11.5 Å². The number of rotatable bonds is 5. The third-order valence-corrected chi connectivity index (χ3v) is 5.66. The summed E-state index contributed by atoms with van der Waals surface area (Å²) >= 11 is 0. The number of hydrogen-bond acceptors (Lipinski definition) is 4. The standard InChI is InChI=1S/C21H31N3O4/c1-27-18-11-10-17(13-19(18)28-2)22-20(25)15-7-6-12-24(14-15)21(26)23-16-8-4-3-5-9-16/h10-11,13,15-16H,3-9,12,14H2,1-2H3,(H,22,25)(H,23,26)/t15-/m0/s1. The first kappa shape index (κ1) is 20.3. The second-order valence-electron chi connectivity index (χ2n) is 7.63. The Labute approximate surface area is 166 Å². The maximum Gasteiger partial charge on any atom is 0.317 e. The fourth-order valence-corrected chi connectivity index (χ4v) is 4.05. The number of hydrogen-bond donors (Lipinski definition) is 2. The Bertz CT molecular complexity index is 688. The van der Waals surface area contributed by atoms with E-state index in [1.165, 1.54) is 19.3 Å². The number of anilines is 1. The van der Waals surface area contributed by atoms with Crippen molar-refractivity contribution in [3.8, 4) is 11.5 Å². The number of ether oxygens (including phenoxy) is 2. The van der Waals surface area contributed by atoms with Crippen molar-refractivity contribution in [3.63, 3.8) is 0 Å². The normalized spacial score (nSPS) is 20.4. The van der Waals surface area contributed by atoms with Crippen molar-refractivity contribution in [2.24, 2.45) is 5.92 Å². The lowest BCUT2D eigenvalue weighted by atomic mass is 9.95. The number of methoxy groups -OCH3 is 2. The van der Waals surface area contributed by atoms with Gasteiger partial charge < -0.3 is 25.0 Å². The molecule has 2 fully saturated rings. The van der Waals surface area contributed by atoms with E-state index in [2.05, 4.69) is 10.6 Å². The van der Waals surface area contributed by atoms with Gasteiger partial charge in [0.05, 0.1) is 20.1 Å². The van der Waals surface area contributed by atoms with Crippen molar-refractivity contribution >= 4 is 17.6 Å². The predicted molar refractivity (Wildman–Crippen MR) is 108 cm³/mol. The smallest absolute Gasteiger partial charge is 0.317 e. The van der Waals surface area contributed by atoms with Gasteiger partial charge in [-0.25, -0.2) is 4.79 Å². The fraction of sp³-hybridized carbons (Fsp3) is 0.619. The second-order valence-corrected chi connectivity index (χ2v) is 7.63. The fourth-order valence-electron chi connectivity index (χ4n) is 4.05. The summed E-state index contributed by atoms with van der Waals surface area (Å²) in [4.78, 5) is 27.1. The third-order valence-electron chi connectivity index (χ3n) is 5.66. The molecule has 1 aromatic carbocycles. The molecule has 0 aromatic heterocycles. The molecule has 7 heteroatoms. The van der Waals surface area contributed by atoms with E-state index in [0.29, 0.717) is 30.3 Å². The molecule has 0 spiro atoms. The van der Waals surface area contributed by atoms with Gasteiger partial charge in [-0.05, 0) is 37.8 Å². The first-order chi connectivity index (χ1) is 13.6. The Kier molecular flexibility index (Phi) is 7.01. The van der Waals surface area contributed by atoms with E-state index in [-0.39, 0.29) is 23.9 Å². The van der Waals surface area contributed by atoms with Crippen LogP contribution >= 0.6 is 0 Å². The molecule has 0 unspecified atom stereocenters. The van der Waals surface area contributed by atoms with E-state index in [0.717, 1.165) is 25.7 Å². The van der Waals surface area contributed by atoms with Crippen LogP contribution in [0.25, 0.3) is 0 Å². The first-order valence-electron chi connectivity index (χ1n) is 10.2. The number of carbonyl (C=O) groups is 2. The van der Waals surface area contributed by atoms with Crippen LogP contribution in [-0.2, 0) is 4.79 Å². The molecule has 3 rings (SSSR count). The van der Waals surface area contributed by atoms with Crippen molar-refractivity contribution in [1.29, 1.82) is 0 Å². The number of benzene rings is 1. The molecular formula is C21H31N3O4. The van der Waals surface area contributed by atoms with E-state index in [1.807, 2.05) is 0 Å². The second kappa shape index (κ2) is 9.66. The van der Waals surface area contributed by atoms with Gasteiger partial charge in [-0.3, -0.25) is 4.79 Å². The quantitative estimate of drug-likeness (QED) is 0.809. The monoisotopic (exact) mass is 389 g/mol. The van der Waals surface area contributed by atoms with Crippen LogP contribution in [0.3, 0.4) is 0 Å². The molecule has 1 aliphatic heterocycles. The van der Waals surface area contributed by atoms with Gasteiger partial charge >= 0.3 is 6.03 Å². The van der Waals surface area contributed by atoms with E-state index in [4.69, 9.17) is 9.47 Å². The molecule has 0 radical (unpaired) electrons. The summed E-state index contributed by atoms with van der Waals surface area (Å²) in [5.41, 5.74) is 0.659. The Morgan fingerprint density at radius 3 is 2.46 bits per heavy atom. The lowest BCUT2D eigenvalue weighted by molar-refractivity contribution is -0.121. The zero-order chi connectivity index (χ0) is 19.9. The van der Waals surface area contributed by atoms with Crippen molar-refractivity contribution in [1.82, 2.24) is 10.2 Å². The summed E-state index contributed by atoms with van der Waals surface area (Å²) in [7, 11) is 3.14. The molecule has 1 saturated heterocycles. The van der Waals surface area contributed by atoms with Crippen LogP contribution in [0.2, 0.25) is 0 Å². The Morgan fingerprint density at radius 1 is 1.00 bits per heavy atom. The van der Waals surface area contributed by atoms with Crippen LogP contribution in [0.5, 0.6) is 11.5 Å². The van der Waals surface area contributed by atoms with E-state index < -0.39 is 0 Å². The van der Waals surface area contributed by atoms with Gasteiger partial charge in [-0.15, -0.1) is 0 Å². The predicted octanol–water partition coefficient (Wildman–Crippen LogP) is 3.40. The van der Waals surface area contributed by atoms with Crippen LogP contribution in [0.4, 0.5) is 10.5 Å². The van der Waals surface area contributed by atoms with Gasteiger partial charge in [0.25, 0.3) is 0 Å². The van der Waals surface area contributed by atoms with Crippen molar-refractivity contribution in [3.05, 3.63) is 18.2 Å². The van der Waals surface area contributed by atoms with Crippen LogP contribution < -0.4 is 20.1 Å². The SMILES string of the molecule is COc1ccc(NC(=O)[C@H]2CCCN(C(=O)NC3CCCCC3)C2)cc1OC. The highest BCUT2D eigenvalue weighted by molar-refractivity contribution is 5.93. The average molecular weight is 389 g/mol. The summed E-state index contributed by atoms with van der Waals surface area (Å²) in [6.45, 7) is 1.16. The molecule has 7 nitrogen and oxygen atoms in total. The maximum atomic E-state index is 12.7.